The molecule has 0 saturated heterocycles. The van der Waals surface area contributed by atoms with E-state index in [1.54, 1.807) is 12.1 Å². The summed E-state index contributed by atoms with van der Waals surface area (Å²) >= 11 is 0. The summed E-state index contributed by atoms with van der Waals surface area (Å²) in [5.74, 6) is -0.425. The number of hydrogen-bond donors (Lipinski definition) is 3. The maximum atomic E-state index is 11.0. The Hall–Kier alpha value is -1.39. The van der Waals surface area contributed by atoms with Crippen molar-refractivity contribution in [1.29, 1.82) is 0 Å². The standard InChI is InChI=1S/C10H14N2O2/c11-10(14)9-4-2-1-3-8(9)7-12-5-6-13/h1-4,12-13H,5-7H2,(H2,11,14). The largest absolute Gasteiger partial charge is 0.395 e. The summed E-state index contributed by atoms with van der Waals surface area (Å²) in [5.41, 5.74) is 6.58. The van der Waals surface area contributed by atoms with Gasteiger partial charge in [0.15, 0.2) is 0 Å². The Kier molecular flexibility index (Phi) is 4.10. The first-order chi connectivity index (χ1) is 6.75. The minimum atomic E-state index is -0.425. The van der Waals surface area contributed by atoms with E-state index in [0.717, 1.165) is 5.56 Å². The number of primary amides is 1. The van der Waals surface area contributed by atoms with E-state index in [1.165, 1.54) is 0 Å². The second-order valence-corrected chi connectivity index (χ2v) is 2.92. The molecular weight excluding hydrogens is 180 g/mol. The van der Waals surface area contributed by atoms with Gasteiger partial charge in [-0.15, -0.1) is 0 Å². The van der Waals surface area contributed by atoms with Gasteiger partial charge in [0.25, 0.3) is 0 Å². The Morgan fingerprint density at radius 3 is 2.79 bits per heavy atom. The van der Waals surface area contributed by atoms with Crippen LogP contribution in [0.3, 0.4) is 0 Å². The van der Waals surface area contributed by atoms with E-state index in [0.29, 0.717) is 18.7 Å². The van der Waals surface area contributed by atoms with Gasteiger partial charge in [-0.05, 0) is 11.6 Å². The van der Waals surface area contributed by atoms with Crippen LogP contribution >= 0.6 is 0 Å². The molecule has 0 spiro atoms. The maximum absolute atomic E-state index is 11.0. The van der Waals surface area contributed by atoms with Gasteiger partial charge in [0.2, 0.25) is 5.91 Å². The molecule has 76 valence electrons. The molecule has 0 aliphatic heterocycles. The number of carbonyl (C=O) groups is 1. The highest BCUT2D eigenvalue weighted by molar-refractivity contribution is 5.94. The van der Waals surface area contributed by atoms with Crippen molar-refractivity contribution >= 4 is 5.91 Å². The number of aliphatic hydroxyl groups excluding tert-OH is 1. The van der Waals surface area contributed by atoms with Crippen molar-refractivity contribution in [1.82, 2.24) is 5.32 Å². The Morgan fingerprint density at radius 2 is 2.14 bits per heavy atom. The number of carbonyl (C=O) groups excluding carboxylic acids is 1. The average molecular weight is 194 g/mol. The van der Waals surface area contributed by atoms with E-state index < -0.39 is 5.91 Å². The molecule has 14 heavy (non-hydrogen) atoms. The Bertz CT molecular complexity index is 313. The molecule has 0 heterocycles. The normalized spacial score (nSPS) is 10.1. The van der Waals surface area contributed by atoms with Gasteiger partial charge in [-0.1, -0.05) is 18.2 Å². The van der Waals surface area contributed by atoms with Crippen LogP contribution in [0.15, 0.2) is 24.3 Å². The van der Waals surface area contributed by atoms with E-state index in [4.69, 9.17) is 10.8 Å². The van der Waals surface area contributed by atoms with Gasteiger partial charge in [0, 0.05) is 18.7 Å². The van der Waals surface area contributed by atoms with E-state index in [1.807, 2.05) is 12.1 Å². The lowest BCUT2D eigenvalue weighted by atomic mass is 10.1. The van der Waals surface area contributed by atoms with Crippen LogP contribution in [-0.2, 0) is 6.54 Å². The summed E-state index contributed by atoms with van der Waals surface area (Å²) in [5, 5.41) is 11.6. The van der Waals surface area contributed by atoms with Gasteiger partial charge in [-0.25, -0.2) is 0 Å². The first-order valence-electron chi connectivity index (χ1n) is 4.45. The molecule has 4 N–H and O–H groups in total. The SMILES string of the molecule is NC(=O)c1ccccc1CNCCO. The quantitative estimate of drug-likeness (QED) is 0.571. The van der Waals surface area contributed by atoms with Crippen LogP contribution in [0.5, 0.6) is 0 Å². The molecule has 0 aliphatic carbocycles. The van der Waals surface area contributed by atoms with Crippen LogP contribution in [0.1, 0.15) is 15.9 Å². The summed E-state index contributed by atoms with van der Waals surface area (Å²) in [7, 11) is 0. The van der Waals surface area contributed by atoms with Crippen LogP contribution in [0.4, 0.5) is 0 Å². The van der Waals surface area contributed by atoms with Crippen LogP contribution in [0.2, 0.25) is 0 Å². The second-order valence-electron chi connectivity index (χ2n) is 2.92. The van der Waals surface area contributed by atoms with Crippen molar-refractivity contribution in [3.05, 3.63) is 35.4 Å². The number of nitrogens with two attached hydrogens (primary N) is 1. The molecular formula is C10H14N2O2. The van der Waals surface area contributed by atoms with Crippen molar-refractivity contribution in [2.45, 2.75) is 6.54 Å². The number of nitrogens with one attached hydrogen (secondary N) is 1. The molecule has 0 bridgehead atoms. The number of amides is 1. The molecule has 0 unspecified atom stereocenters. The molecule has 0 aromatic heterocycles. The van der Waals surface area contributed by atoms with E-state index >= 15 is 0 Å². The minimum Gasteiger partial charge on any atom is -0.395 e. The predicted molar refractivity (Wildman–Crippen MR) is 53.8 cm³/mol. The lowest BCUT2D eigenvalue weighted by Crippen LogP contribution is -2.21. The summed E-state index contributed by atoms with van der Waals surface area (Å²) in [6.07, 6.45) is 0. The Balaban J connectivity index is 2.69. The molecule has 1 aromatic carbocycles. The number of benzene rings is 1. The number of aliphatic hydroxyl groups is 1. The van der Waals surface area contributed by atoms with Gasteiger partial charge in [-0.3, -0.25) is 4.79 Å². The Morgan fingerprint density at radius 1 is 1.43 bits per heavy atom. The number of hydrogen-bond acceptors (Lipinski definition) is 3. The van der Waals surface area contributed by atoms with Gasteiger partial charge in [0.1, 0.15) is 0 Å². The summed E-state index contributed by atoms with van der Waals surface area (Å²) in [6.45, 7) is 1.13. The van der Waals surface area contributed by atoms with Crippen molar-refractivity contribution < 1.29 is 9.90 Å². The summed E-state index contributed by atoms with van der Waals surface area (Å²) < 4.78 is 0. The van der Waals surface area contributed by atoms with E-state index in [2.05, 4.69) is 5.32 Å². The van der Waals surface area contributed by atoms with E-state index in [9.17, 15) is 4.79 Å². The minimum absolute atomic E-state index is 0.0821. The van der Waals surface area contributed by atoms with Crippen molar-refractivity contribution in [2.75, 3.05) is 13.2 Å². The molecule has 0 radical (unpaired) electrons. The topological polar surface area (TPSA) is 75.4 Å². The lowest BCUT2D eigenvalue weighted by molar-refractivity contribution is 0.0999. The molecule has 4 nitrogen and oxygen atoms in total. The maximum Gasteiger partial charge on any atom is 0.249 e. The second kappa shape index (κ2) is 5.36. The predicted octanol–water partition coefficient (Wildman–Crippen LogP) is -0.133. The summed E-state index contributed by atoms with van der Waals surface area (Å²) in [6, 6.07) is 7.15. The van der Waals surface area contributed by atoms with Crippen LogP contribution in [-0.4, -0.2) is 24.2 Å². The third-order valence-corrected chi connectivity index (χ3v) is 1.89. The highest BCUT2D eigenvalue weighted by Gasteiger charge is 2.05. The Labute approximate surface area is 82.7 Å². The van der Waals surface area contributed by atoms with Gasteiger partial charge >= 0.3 is 0 Å². The third-order valence-electron chi connectivity index (χ3n) is 1.89. The smallest absolute Gasteiger partial charge is 0.249 e. The van der Waals surface area contributed by atoms with E-state index in [-0.39, 0.29) is 6.61 Å². The molecule has 1 amide bonds. The highest BCUT2D eigenvalue weighted by atomic mass is 16.3. The molecule has 0 fully saturated rings. The monoisotopic (exact) mass is 194 g/mol. The molecule has 0 aliphatic rings. The van der Waals surface area contributed by atoms with Crippen molar-refractivity contribution in [3.63, 3.8) is 0 Å². The highest BCUT2D eigenvalue weighted by Crippen LogP contribution is 2.07. The zero-order chi connectivity index (χ0) is 10.4. The molecule has 1 rings (SSSR count). The first-order valence-corrected chi connectivity index (χ1v) is 4.45. The molecule has 4 heteroatoms. The van der Waals surface area contributed by atoms with Gasteiger partial charge < -0.3 is 16.2 Å². The summed E-state index contributed by atoms with van der Waals surface area (Å²) in [4.78, 5) is 11.0. The van der Waals surface area contributed by atoms with Crippen molar-refractivity contribution in [2.24, 2.45) is 5.73 Å². The fourth-order valence-corrected chi connectivity index (χ4v) is 1.22. The lowest BCUT2D eigenvalue weighted by Gasteiger charge is -2.06. The number of rotatable bonds is 5. The zero-order valence-corrected chi connectivity index (χ0v) is 7.86. The van der Waals surface area contributed by atoms with Crippen molar-refractivity contribution in [3.8, 4) is 0 Å². The zero-order valence-electron chi connectivity index (χ0n) is 7.86. The van der Waals surface area contributed by atoms with Gasteiger partial charge in [-0.2, -0.15) is 0 Å². The third kappa shape index (κ3) is 2.83. The fraction of sp³-hybridized carbons (Fsp3) is 0.300. The van der Waals surface area contributed by atoms with Gasteiger partial charge in [0.05, 0.1) is 6.61 Å². The van der Waals surface area contributed by atoms with Crippen LogP contribution < -0.4 is 11.1 Å². The average Bonchev–Trinajstić information content (AvgIpc) is 2.19. The van der Waals surface area contributed by atoms with Crippen LogP contribution in [0, 0.1) is 0 Å². The first kappa shape index (κ1) is 10.7. The molecule has 0 saturated carbocycles. The van der Waals surface area contributed by atoms with Crippen LogP contribution in [0.25, 0.3) is 0 Å². The molecule has 0 atom stereocenters. The molecule has 1 aromatic rings. The fourth-order valence-electron chi connectivity index (χ4n) is 1.22.